The van der Waals surface area contributed by atoms with Gasteiger partial charge in [0.25, 0.3) is 0 Å². The molecule has 0 saturated heterocycles. The number of carbonyl (C=O) groups excluding carboxylic acids is 2. The molecule has 0 aliphatic carbocycles. The van der Waals surface area contributed by atoms with E-state index in [9.17, 15) is 14.2 Å². The third-order valence-electron chi connectivity index (χ3n) is 6.07. The summed E-state index contributed by atoms with van der Waals surface area (Å²) in [4.78, 5) is 27.0. The van der Waals surface area contributed by atoms with Gasteiger partial charge >= 0.3 is 5.97 Å². The average molecular weight is 491 g/mol. The van der Waals surface area contributed by atoms with Crippen LogP contribution in [0.1, 0.15) is 108 Å². The molecule has 0 aromatic heterocycles. The molecule has 5 heteroatoms. The topological polar surface area (TPSA) is 60.4 Å². The molecule has 34 heavy (non-hydrogen) atoms. The third-order valence-corrected chi connectivity index (χ3v) is 6.94. The standard InChI is InChI=1S/C29H47O4P/c1-19-12-22(4)25(23(5)13-19)24(30)17-29(34-32,16-20(2)14-27(6,7)8)26(31)33-18-21(3)15-28(9,10)11/h12-13,20-21H,14-18H2,1-11H3. The minimum atomic E-state index is -1.38. The zero-order chi connectivity index (χ0) is 26.5. The molecular weight excluding hydrogens is 443 g/mol. The van der Waals surface area contributed by atoms with E-state index in [-0.39, 0.29) is 49.9 Å². The van der Waals surface area contributed by atoms with Crippen LogP contribution in [0.2, 0.25) is 0 Å². The highest BCUT2D eigenvalue weighted by atomic mass is 31.1. The monoisotopic (exact) mass is 490 g/mol. The fraction of sp³-hybridized carbons (Fsp3) is 0.724. The molecule has 1 aromatic rings. The fourth-order valence-corrected chi connectivity index (χ4v) is 6.19. The maximum atomic E-state index is 13.5. The van der Waals surface area contributed by atoms with Crippen LogP contribution in [0.5, 0.6) is 0 Å². The molecule has 3 unspecified atom stereocenters. The molecular formula is C29H47O4P. The summed E-state index contributed by atoms with van der Waals surface area (Å²) in [6.45, 7) is 23.1. The van der Waals surface area contributed by atoms with Gasteiger partial charge in [-0.2, -0.15) is 0 Å². The number of carbonyl (C=O) groups is 2. The van der Waals surface area contributed by atoms with E-state index >= 15 is 0 Å². The van der Waals surface area contributed by atoms with Crippen molar-refractivity contribution in [2.45, 2.75) is 107 Å². The Morgan fingerprint density at radius 1 is 0.853 bits per heavy atom. The van der Waals surface area contributed by atoms with Crippen molar-refractivity contribution in [3.63, 3.8) is 0 Å². The molecule has 0 spiro atoms. The third kappa shape index (κ3) is 9.61. The van der Waals surface area contributed by atoms with Gasteiger partial charge < -0.3 is 4.74 Å². The van der Waals surface area contributed by atoms with Gasteiger partial charge in [0.05, 0.1) is 6.61 Å². The molecule has 0 heterocycles. The largest absolute Gasteiger partial charge is 0.464 e. The van der Waals surface area contributed by atoms with E-state index in [1.807, 2.05) is 32.9 Å². The molecule has 0 radical (unpaired) electrons. The first-order valence-electron chi connectivity index (χ1n) is 12.5. The van der Waals surface area contributed by atoms with Crippen molar-refractivity contribution < 1.29 is 18.9 Å². The van der Waals surface area contributed by atoms with E-state index in [1.54, 1.807) is 0 Å². The minimum absolute atomic E-state index is 0.0597. The minimum Gasteiger partial charge on any atom is -0.464 e. The number of aryl methyl sites for hydroxylation is 3. The SMILES string of the molecule is Cc1cc(C)c(C(=O)CC(CC(C)CC(C)(C)C)(P=O)C(=O)OCC(C)CC(C)(C)C)c(C)c1. The van der Waals surface area contributed by atoms with Crippen molar-refractivity contribution in [2.75, 3.05) is 6.61 Å². The molecule has 3 atom stereocenters. The van der Waals surface area contributed by atoms with Gasteiger partial charge in [-0.15, -0.1) is 0 Å². The van der Waals surface area contributed by atoms with Crippen molar-refractivity contribution in [3.05, 3.63) is 34.4 Å². The summed E-state index contributed by atoms with van der Waals surface area (Å²) in [6, 6.07) is 3.96. The number of benzene rings is 1. The number of Topliss-reactive ketones (excluding diaryl/α,β-unsaturated/α-hetero) is 1. The van der Waals surface area contributed by atoms with Crippen LogP contribution in [0.3, 0.4) is 0 Å². The number of ketones is 1. The summed E-state index contributed by atoms with van der Waals surface area (Å²) < 4.78 is 18.4. The molecule has 0 aliphatic rings. The highest BCUT2D eigenvalue weighted by Gasteiger charge is 2.45. The normalized spacial score (nSPS) is 16.1. The van der Waals surface area contributed by atoms with E-state index in [0.717, 1.165) is 29.5 Å². The molecule has 192 valence electrons. The summed E-state index contributed by atoms with van der Waals surface area (Å²) in [7, 11) is -0.354. The molecule has 0 fully saturated rings. The van der Waals surface area contributed by atoms with Crippen molar-refractivity contribution in [3.8, 4) is 0 Å². The molecule has 4 nitrogen and oxygen atoms in total. The van der Waals surface area contributed by atoms with Crippen LogP contribution in [0.15, 0.2) is 12.1 Å². The Morgan fingerprint density at radius 2 is 1.32 bits per heavy atom. The van der Waals surface area contributed by atoms with Crippen LogP contribution in [0.4, 0.5) is 0 Å². The lowest BCUT2D eigenvalue weighted by molar-refractivity contribution is -0.149. The fourth-order valence-electron chi connectivity index (χ4n) is 5.46. The molecule has 0 amide bonds. The Morgan fingerprint density at radius 3 is 1.76 bits per heavy atom. The lowest BCUT2D eigenvalue weighted by atomic mass is 9.79. The zero-order valence-electron chi connectivity index (χ0n) is 23.4. The second kappa shape index (κ2) is 11.9. The molecule has 0 N–H and O–H groups in total. The quantitative estimate of drug-likeness (QED) is 0.178. The number of hydrogen-bond donors (Lipinski definition) is 0. The van der Waals surface area contributed by atoms with Gasteiger partial charge in [-0.05, 0) is 73.8 Å². The molecule has 0 bridgehead atoms. The number of hydrogen-bond acceptors (Lipinski definition) is 4. The molecule has 0 saturated carbocycles. The van der Waals surface area contributed by atoms with Crippen LogP contribution in [-0.4, -0.2) is 23.5 Å². The Balaban J connectivity index is 3.26. The van der Waals surface area contributed by atoms with Crippen molar-refractivity contribution >= 4 is 20.2 Å². The lowest BCUT2D eigenvalue weighted by Crippen LogP contribution is -2.40. The highest BCUT2D eigenvalue weighted by Crippen LogP contribution is 2.41. The van der Waals surface area contributed by atoms with Crippen molar-refractivity contribution in [1.82, 2.24) is 0 Å². The average Bonchev–Trinajstić information content (AvgIpc) is 2.61. The van der Waals surface area contributed by atoms with E-state index in [0.29, 0.717) is 12.0 Å². The maximum Gasteiger partial charge on any atom is 0.324 e. The Labute approximate surface area is 209 Å². The summed E-state index contributed by atoms with van der Waals surface area (Å²) in [5, 5.41) is -1.38. The molecule has 0 aliphatic heterocycles. The van der Waals surface area contributed by atoms with Crippen LogP contribution in [0, 0.1) is 43.4 Å². The van der Waals surface area contributed by atoms with Gasteiger partial charge in [-0.3, -0.25) is 14.2 Å². The number of ether oxygens (including phenoxy) is 1. The second-order valence-electron chi connectivity index (χ2n) is 13.0. The molecule has 1 rings (SSSR count). The van der Waals surface area contributed by atoms with Gasteiger partial charge in [0.15, 0.2) is 19.4 Å². The first-order chi connectivity index (χ1) is 15.4. The van der Waals surface area contributed by atoms with E-state index in [4.69, 9.17) is 4.74 Å². The van der Waals surface area contributed by atoms with Crippen molar-refractivity contribution in [1.29, 1.82) is 0 Å². The first-order valence-corrected chi connectivity index (χ1v) is 13.3. The smallest absolute Gasteiger partial charge is 0.324 e. The zero-order valence-corrected chi connectivity index (χ0v) is 24.3. The predicted molar refractivity (Wildman–Crippen MR) is 142 cm³/mol. The first kappa shape index (κ1) is 30.5. The predicted octanol–water partition coefficient (Wildman–Crippen LogP) is 8.29. The number of esters is 1. The van der Waals surface area contributed by atoms with E-state index in [2.05, 4.69) is 55.4 Å². The van der Waals surface area contributed by atoms with Gasteiger partial charge in [-0.25, -0.2) is 0 Å². The van der Waals surface area contributed by atoms with Gasteiger partial charge in [0.1, 0.15) is 0 Å². The summed E-state index contributed by atoms with van der Waals surface area (Å²) >= 11 is 0. The number of rotatable bonds is 11. The summed E-state index contributed by atoms with van der Waals surface area (Å²) in [5.74, 6) is -0.397. The van der Waals surface area contributed by atoms with Crippen LogP contribution >= 0.6 is 8.46 Å². The summed E-state index contributed by atoms with van der Waals surface area (Å²) in [6.07, 6.45) is 1.99. The van der Waals surface area contributed by atoms with Gasteiger partial charge in [0, 0.05) is 12.0 Å². The van der Waals surface area contributed by atoms with E-state index < -0.39 is 11.1 Å². The van der Waals surface area contributed by atoms with Gasteiger partial charge in [0.2, 0.25) is 0 Å². The Hall–Kier alpha value is -1.54. The van der Waals surface area contributed by atoms with E-state index in [1.165, 1.54) is 0 Å². The highest BCUT2D eigenvalue weighted by molar-refractivity contribution is 7.28. The van der Waals surface area contributed by atoms with Gasteiger partial charge in [-0.1, -0.05) is 73.1 Å². The van der Waals surface area contributed by atoms with Crippen LogP contribution in [-0.2, 0) is 14.1 Å². The Bertz CT molecular complexity index is 852. The Kier molecular flexibility index (Phi) is 10.7. The second-order valence-corrected chi connectivity index (χ2v) is 14.1. The van der Waals surface area contributed by atoms with Crippen molar-refractivity contribution in [2.24, 2.45) is 22.7 Å². The van der Waals surface area contributed by atoms with Crippen LogP contribution < -0.4 is 0 Å². The lowest BCUT2D eigenvalue weighted by Gasteiger charge is -2.31. The molecule has 1 aromatic carbocycles. The summed E-state index contributed by atoms with van der Waals surface area (Å²) in [5.41, 5.74) is 3.66. The van der Waals surface area contributed by atoms with Crippen LogP contribution in [0.25, 0.3) is 0 Å². The maximum absolute atomic E-state index is 13.5.